The molecule has 0 bridgehead atoms. The third kappa shape index (κ3) is 3.54. The Hall–Kier alpha value is -2.31. The van der Waals surface area contributed by atoms with Gasteiger partial charge in [-0.05, 0) is 67.9 Å². The van der Waals surface area contributed by atoms with E-state index in [1.54, 1.807) is 12.1 Å². The Morgan fingerprint density at radius 1 is 1.18 bits per heavy atom. The van der Waals surface area contributed by atoms with Gasteiger partial charge in [-0.15, -0.1) is 0 Å². The molecule has 1 N–H and O–H groups in total. The van der Waals surface area contributed by atoms with E-state index in [9.17, 15) is 9.18 Å². The van der Waals surface area contributed by atoms with Gasteiger partial charge in [0.2, 0.25) is 0 Å². The fraction of sp³-hybridized carbons (Fsp3) is 0.364. The van der Waals surface area contributed by atoms with Crippen LogP contribution in [-0.4, -0.2) is 39.4 Å². The fourth-order valence-corrected chi connectivity index (χ4v) is 4.67. The molecule has 2 aromatic carbocycles. The summed E-state index contributed by atoms with van der Waals surface area (Å²) in [7, 11) is 0. The number of para-hydroxylation sites is 2. The van der Waals surface area contributed by atoms with Crippen LogP contribution in [0.2, 0.25) is 0 Å². The second kappa shape index (κ2) is 7.97. The lowest BCUT2D eigenvalue weighted by atomic mass is 9.96. The summed E-state index contributed by atoms with van der Waals surface area (Å²) in [5, 5.41) is 0. The largest absolute Gasteiger partial charge is 0.331 e. The minimum absolute atomic E-state index is 0.0738. The highest BCUT2D eigenvalue weighted by Gasteiger charge is 2.30. The minimum atomic E-state index is -0.319. The zero-order chi connectivity index (χ0) is 19.7. The molecule has 28 heavy (non-hydrogen) atoms. The van der Waals surface area contributed by atoms with E-state index in [1.807, 2.05) is 25.1 Å². The molecule has 0 saturated carbocycles. The van der Waals surface area contributed by atoms with Gasteiger partial charge in [0.15, 0.2) is 10.6 Å². The summed E-state index contributed by atoms with van der Waals surface area (Å²) in [4.78, 5) is 18.5. The van der Waals surface area contributed by atoms with Crippen LogP contribution in [0.5, 0.6) is 0 Å². The average molecular weight is 398 g/mol. The van der Waals surface area contributed by atoms with Crippen molar-refractivity contribution in [3.05, 3.63) is 64.7 Å². The van der Waals surface area contributed by atoms with Crippen molar-refractivity contribution >= 4 is 29.0 Å². The zero-order valence-corrected chi connectivity index (χ0v) is 16.7. The maximum absolute atomic E-state index is 13.2. The lowest BCUT2D eigenvalue weighted by Gasteiger charge is -2.37. The smallest absolute Gasteiger partial charge is 0.179 e. The SMILES string of the molecule is CCC(C(=O)c1ccc(F)cc1)N1CCC(n2c(=S)[nH]c3ccccc32)CC1. The number of nitrogens with one attached hydrogen (secondary N) is 1. The van der Waals surface area contributed by atoms with Gasteiger partial charge in [-0.3, -0.25) is 9.69 Å². The lowest BCUT2D eigenvalue weighted by Crippen LogP contribution is -2.45. The quantitative estimate of drug-likeness (QED) is 0.479. The number of piperidine rings is 1. The van der Waals surface area contributed by atoms with E-state index in [0.717, 1.165) is 48.2 Å². The Morgan fingerprint density at radius 2 is 1.86 bits per heavy atom. The molecule has 1 atom stereocenters. The first kappa shape index (κ1) is 19.0. The van der Waals surface area contributed by atoms with Crippen molar-refractivity contribution in [3.8, 4) is 0 Å². The summed E-state index contributed by atoms with van der Waals surface area (Å²) in [5.41, 5.74) is 2.78. The van der Waals surface area contributed by atoms with E-state index in [0.29, 0.717) is 11.6 Å². The number of H-pyrrole nitrogens is 1. The van der Waals surface area contributed by atoms with Crippen molar-refractivity contribution < 1.29 is 9.18 Å². The van der Waals surface area contributed by atoms with Crippen LogP contribution in [0.4, 0.5) is 4.39 Å². The van der Waals surface area contributed by atoms with E-state index < -0.39 is 0 Å². The van der Waals surface area contributed by atoms with Crippen LogP contribution in [0.15, 0.2) is 48.5 Å². The first-order valence-corrected chi connectivity index (χ1v) is 10.2. The van der Waals surface area contributed by atoms with Crippen molar-refractivity contribution in [2.75, 3.05) is 13.1 Å². The molecule has 1 fully saturated rings. The first-order valence-electron chi connectivity index (χ1n) is 9.81. The van der Waals surface area contributed by atoms with Gasteiger partial charge in [-0.1, -0.05) is 19.1 Å². The van der Waals surface area contributed by atoms with E-state index in [4.69, 9.17) is 12.2 Å². The number of Topliss-reactive ketones (excluding diaryl/α,β-unsaturated/α-hetero) is 1. The number of fused-ring (bicyclic) bond motifs is 1. The molecule has 1 saturated heterocycles. The Morgan fingerprint density at radius 3 is 2.54 bits per heavy atom. The number of carbonyl (C=O) groups is 1. The molecular weight excluding hydrogens is 373 g/mol. The van der Waals surface area contributed by atoms with Crippen molar-refractivity contribution in [3.63, 3.8) is 0 Å². The summed E-state index contributed by atoms with van der Waals surface area (Å²) in [6.07, 6.45) is 2.64. The first-order chi connectivity index (χ1) is 13.6. The van der Waals surface area contributed by atoms with Crippen LogP contribution in [0.25, 0.3) is 11.0 Å². The number of hydrogen-bond donors (Lipinski definition) is 1. The highest BCUT2D eigenvalue weighted by Crippen LogP contribution is 2.29. The highest BCUT2D eigenvalue weighted by atomic mass is 32.1. The molecule has 6 heteroatoms. The molecule has 1 aromatic heterocycles. The molecular formula is C22H24FN3OS. The second-order valence-electron chi connectivity index (χ2n) is 7.38. The van der Waals surface area contributed by atoms with Gasteiger partial charge in [0.25, 0.3) is 0 Å². The van der Waals surface area contributed by atoms with Crippen LogP contribution < -0.4 is 0 Å². The van der Waals surface area contributed by atoms with Crippen LogP contribution in [0.3, 0.4) is 0 Å². The summed E-state index contributed by atoms with van der Waals surface area (Å²) in [6, 6.07) is 14.2. The number of hydrogen-bond acceptors (Lipinski definition) is 3. The number of imidazole rings is 1. The molecule has 0 radical (unpaired) electrons. The van der Waals surface area contributed by atoms with E-state index in [-0.39, 0.29) is 17.6 Å². The summed E-state index contributed by atoms with van der Waals surface area (Å²) >= 11 is 5.56. The molecule has 1 unspecified atom stereocenters. The maximum Gasteiger partial charge on any atom is 0.179 e. The molecule has 146 valence electrons. The van der Waals surface area contributed by atoms with Crippen molar-refractivity contribution in [1.29, 1.82) is 0 Å². The maximum atomic E-state index is 13.2. The van der Waals surface area contributed by atoms with Gasteiger partial charge in [0.05, 0.1) is 17.1 Å². The number of benzene rings is 2. The second-order valence-corrected chi connectivity index (χ2v) is 7.77. The van der Waals surface area contributed by atoms with Gasteiger partial charge in [0.1, 0.15) is 5.82 Å². The molecule has 0 spiro atoms. The Labute approximate surface area is 169 Å². The number of rotatable bonds is 5. The van der Waals surface area contributed by atoms with Crippen molar-refractivity contribution in [2.45, 2.75) is 38.3 Å². The topological polar surface area (TPSA) is 41.0 Å². The number of carbonyl (C=O) groups excluding carboxylic acids is 1. The normalized spacial score (nSPS) is 17.1. The molecule has 4 rings (SSSR count). The molecule has 2 heterocycles. The number of nitrogens with zero attached hydrogens (tertiary/aromatic N) is 2. The Kier molecular flexibility index (Phi) is 5.42. The molecule has 3 aromatic rings. The average Bonchev–Trinajstić information content (AvgIpc) is 3.05. The van der Waals surface area contributed by atoms with E-state index in [1.165, 1.54) is 12.1 Å². The number of halogens is 1. The summed E-state index contributed by atoms with van der Waals surface area (Å²) < 4.78 is 16.2. The molecule has 1 aliphatic heterocycles. The molecule has 0 amide bonds. The summed E-state index contributed by atoms with van der Waals surface area (Å²) in [6.45, 7) is 3.72. The zero-order valence-electron chi connectivity index (χ0n) is 15.9. The van der Waals surface area contributed by atoms with Gasteiger partial charge >= 0.3 is 0 Å². The van der Waals surface area contributed by atoms with E-state index in [2.05, 4.69) is 20.5 Å². The van der Waals surface area contributed by atoms with Crippen LogP contribution in [0, 0.1) is 10.6 Å². The van der Waals surface area contributed by atoms with Crippen molar-refractivity contribution in [1.82, 2.24) is 14.5 Å². The minimum Gasteiger partial charge on any atom is -0.331 e. The highest BCUT2D eigenvalue weighted by molar-refractivity contribution is 7.71. The monoisotopic (exact) mass is 397 g/mol. The molecule has 1 aliphatic rings. The fourth-order valence-electron chi connectivity index (χ4n) is 4.31. The third-order valence-corrected chi connectivity index (χ3v) is 6.05. The lowest BCUT2D eigenvalue weighted by molar-refractivity contribution is 0.0740. The van der Waals surface area contributed by atoms with Crippen LogP contribution >= 0.6 is 12.2 Å². The van der Waals surface area contributed by atoms with Crippen LogP contribution in [-0.2, 0) is 0 Å². The van der Waals surface area contributed by atoms with Gasteiger partial charge < -0.3 is 9.55 Å². The Balaban J connectivity index is 1.49. The van der Waals surface area contributed by atoms with Crippen molar-refractivity contribution in [2.24, 2.45) is 0 Å². The predicted octanol–water partition coefficient (Wildman–Crippen LogP) is 5.14. The number of ketones is 1. The van der Waals surface area contributed by atoms with E-state index >= 15 is 0 Å². The van der Waals surface area contributed by atoms with Gasteiger partial charge in [-0.25, -0.2) is 4.39 Å². The number of aromatic nitrogens is 2. The standard InChI is InChI=1S/C22H24FN3OS/c1-2-19(21(27)15-7-9-16(23)10-8-15)25-13-11-17(12-14-25)26-20-6-4-3-5-18(20)24-22(26)28/h3-10,17,19H,2,11-14H2,1H3,(H,24,28). The Bertz CT molecular complexity index is 1030. The summed E-state index contributed by atoms with van der Waals surface area (Å²) in [5.74, 6) is -0.245. The predicted molar refractivity (Wildman–Crippen MR) is 112 cm³/mol. The van der Waals surface area contributed by atoms with Gasteiger partial charge in [-0.2, -0.15) is 0 Å². The van der Waals surface area contributed by atoms with Gasteiger partial charge in [0, 0.05) is 24.7 Å². The third-order valence-electron chi connectivity index (χ3n) is 5.75. The molecule has 4 nitrogen and oxygen atoms in total. The van der Waals surface area contributed by atoms with Crippen LogP contribution in [0.1, 0.15) is 42.6 Å². The number of aromatic amines is 1. The molecule has 0 aliphatic carbocycles. The number of likely N-dealkylation sites (tertiary alicyclic amines) is 1.